The van der Waals surface area contributed by atoms with E-state index in [9.17, 15) is 4.79 Å². The molecular formula is C16H24N4O. The Kier molecular flexibility index (Phi) is 4.53. The van der Waals surface area contributed by atoms with Crippen molar-refractivity contribution in [2.75, 3.05) is 26.2 Å². The molecule has 0 radical (unpaired) electrons. The van der Waals surface area contributed by atoms with Crippen LogP contribution in [0.1, 0.15) is 24.0 Å². The van der Waals surface area contributed by atoms with Gasteiger partial charge in [-0.05, 0) is 30.5 Å². The summed E-state index contributed by atoms with van der Waals surface area (Å²) >= 11 is 0. The van der Waals surface area contributed by atoms with E-state index in [-0.39, 0.29) is 5.91 Å². The standard InChI is InChI=1S/C16H24N4O/c17-18-16(21)10-13-3-5-14(6-4-13)11-19-8-9-20-7-1-2-15(20)12-19/h3-6,15H,1-2,7-12,17H2,(H,18,21). The summed E-state index contributed by atoms with van der Waals surface area (Å²) in [6, 6.07) is 9.07. The van der Waals surface area contributed by atoms with Gasteiger partial charge in [-0.15, -0.1) is 0 Å². The second kappa shape index (κ2) is 6.56. The maximum absolute atomic E-state index is 11.2. The van der Waals surface area contributed by atoms with Gasteiger partial charge in [0.2, 0.25) is 5.91 Å². The molecule has 2 aliphatic heterocycles. The molecule has 0 spiro atoms. The second-order valence-corrected chi connectivity index (χ2v) is 6.13. The van der Waals surface area contributed by atoms with Gasteiger partial charge in [-0.2, -0.15) is 0 Å². The lowest BCUT2D eigenvalue weighted by Gasteiger charge is -2.37. The van der Waals surface area contributed by atoms with Crippen LogP contribution in [0.4, 0.5) is 0 Å². The predicted octanol–water partition coefficient (Wildman–Crippen LogP) is 0.499. The Labute approximate surface area is 126 Å². The third kappa shape index (κ3) is 3.61. The zero-order valence-electron chi connectivity index (χ0n) is 12.4. The van der Waals surface area contributed by atoms with Gasteiger partial charge in [0.25, 0.3) is 0 Å². The van der Waals surface area contributed by atoms with Crippen molar-refractivity contribution in [2.24, 2.45) is 5.84 Å². The van der Waals surface area contributed by atoms with Crippen molar-refractivity contribution >= 4 is 5.91 Å². The number of nitrogens with two attached hydrogens (primary N) is 1. The number of hydrazine groups is 1. The fraction of sp³-hybridized carbons (Fsp3) is 0.562. The first kappa shape index (κ1) is 14.5. The van der Waals surface area contributed by atoms with Gasteiger partial charge in [-0.3, -0.25) is 20.0 Å². The number of rotatable bonds is 4. The summed E-state index contributed by atoms with van der Waals surface area (Å²) in [6.45, 7) is 5.86. The molecule has 0 aliphatic carbocycles. The molecule has 1 amide bonds. The SMILES string of the molecule is NNC(=O)Cc1ccc(CN2CCN3CCCC3C2)cc1. The first-order chi connectivity index (χ1) is 10.2. The average Bonchev–Trinajstić information content (AvgIpc) is 2.96. The number of nitrogens with one attached hydrogen (secondary N) is 1. The minimum Gasteiger partial charge on any atom is -0.298 e. The molecule has 5 heteroatoms. The van der Waals surface area contributed by atoms with Crippen molar-refractivity contribution in [1.29, 1.82) is 0 Å². The van der Waals surface area contributed by atoms with Crippen LogP contribution < -0.4 is 11.3 Å². The van der Waals surface area contributed by atoms with E-state index in [1.54, 1.807) is 0 Å². The van der Waals surface area contributed by atoms with Crippen molar-refractivity contribution in [3.05, 3.63) is 35.4 Å². The Morgan fingerprint density at radius 2 is 1.95 bits per heavy atom. The van der Waals surface area contributed by atoms with Gasteiger partial charge >= 0.3 is 0 Å². The lowest BCUT2D eigenvalue weighted by molar-refractivity contribution is -0.120. The first-order valence-corrected chi connectivity index (χ1v) is 7.78. The average molecular weight is 288 g/mol. The molecule has 114 valence electrons. The van der Waals surface area contributed by atoms with Crippen LogP contribution in [0.15, 0.2) is 24.3 Å². The lowest BCUT2D eigenvalue weighted by Crippen LogP contribution is -2.49. The number of carbonyl (C=O) groups excluding carboxylic acids is 1. The van der Waals surface area contributed by atoms with Crippen molar-refractivity contribution in [3.8, 4) is 0 Å². The molecule has 2 fully saturated rings. The van der Waals surface area contributed by atoms with Crippen LogP contribution in [0.3, 0.4) is 0 Å². The number of carbonyl (C=O) groups is 1. The molecule has 0 bridgehead atoms. The Hall–Kier alpha value is -1.43. The number of hydrogen-bond donors (Lipinski definition) is 2. The molecule has 5 nitrogen and oxygen atoms in total. The quantitative estimate of drug-likeness (QED) is 0.481. The van der Waals surface area contributed by atoms with Gasteiger partial charge in [0.05, 0.1) is 6.42 Å². The zero-order chi connectivity index (χ0) is 14.7. The monoisotopic (exact) mass is 288 g/mol. The van der Waals surface area contributed by atoms with Crippen LogP contribution in [0, 0.1) is 0 Å². The number of piperazine rings is 1. The summed E-state index contributed by atoms with van der Waals surface area (Å²) in [7, 11) is 0. The number of hydrogen-bond acceptors (Lipinski definition) is 4. The van der Waals surface area contributed by atoms with Crippen LogP contribution in [0.5, 0.6) is 0 Å². The van der Waals surface area contributed by atoms with Gasteiger partial charge in [0, 0.05) is 32.2 Å². The maximum Gasteiger partial charge on any atom is 0.238 e. The summed E-state index contributed by atoms with van der Waals surface area (Å²) in [5, 5.41) is 0. The Morgan fingerprint density at radius 3 is 2.71 bits per heavy atom. The molecule has 3 rings (SSSR count). The minimum atomic E-state index is -0.153. The van der Waals surface area contributed by atoms with Crippen molar-refractivity contribution in [1.82, 2.24) is 15.2 Å². The molecule has 1 unspecified atom stereocenters. The predicted molar refractivity (Wildman–Crippen MR) is 82.3 cm³/mol. The molecule has 21 heavy (non-hydrogen) atoms. The molecule has 0 saturated carbocycles. The lowest BCUT2D eigenvalue weighted by atomic mass is 10.1. The molecule has 2 heterocycles. The second-order valence-electron chi connectivity index (χ2n) is 6.13. The number of amides is 1. The molecule has 0 aromatic heterocycles. The van der Waals surface area contributed by atoms with Crippen molar-refractivity contribution < 1.29 is 4.79 Å². The van der Waals surface area contributed by atoms with Gasteiger partial charge < -0.3 is 0 Å². The Morgan fingerprint density at radius 1 is 1.19 bits per heavy atom. The third-order valence-corrected chi connectivity index (χ3v) is 4.63. The molecule has 3 N–H and O–H groups in total. The highest BCUT2D eigenvalue weighted by Crippen LogP contribution is 2.22. The van der Waals surface area contributed by atoms with E-state index in [4.69, 9.17) is 5.84 Å². The molecule has 2 aliphatic rings. The number of nitrogens with zero attached hydrogens (tertiary/aromatic N) is 2. The maximum atomic E-state index is 11.2. The van der Waals surface area contributed by atoms with E-state index in [0.29, 0.717) is 6.42 Å². The van der Waals surface area contributed by atoms with Crippen LogP contribution in [-0.4, -0.2) is 47.9 Å². The normalized spacial score (nSPS) is 23.0. The fourth-order valence-corrected chi connectivity index (χ4v) is 3.46. The van der Waals surface area contributed by atoms with E-state index in [2.05, 4.69) is 27.4 Å². The fourth-order valence-electron chi connectivity index (χ4n) is 3.46. The van der Waals surface area contributed by atoms with Gasteiger partial charge in [-0.25, -0.2) is 5.84 Å². The highest BCUT2D eigenvalue weighted by Gasteiger charge is 2.30. The molecule has 1 aromatic rings. The highest BCUT2D eigenvalue weighted by molar-refractivity contribution is 5.77. The summed E-state index contributed by atoms with van der Waals surface area (Å²) in [5.74, 6) is 4.95. The minimum absolute atomic E-state index is 0.153. The van der Waals surface area contributed by atoms with Gasteiger partial charge in [0.15, 0.2) is 0 Å². The van der Waals surface area contributed by atoms with Crippen LogP contribution >= 0.6 is 0 Å². The molecule has 2 saturated heterocycles. The third-order valence-electron chi connectivity index (χ3n) is 4.63. The summed E-state index contributed by atoms with van der Waals surface area (Å²) < 4.78 is 0. The highest BCUT2D eigenvalue weighted by atomic mass is 16.2. The van der Waals surface area contributed by atoms with Gasteiger partial charge in [-0.1, -0.05) is 24.3 Å². The Bertz CT molecular complexity index is 488. The van der Waals surface area contributed by atoms with E-state index in [0.717, 1.165) is 24.7 Å². The summed E-state index contributed by atoms with van der Waals surface area (Å²) in [5.41, 5.74) is 4.48. The summed E-state index contributed by atoms with van der Waals surface area (Å²) in [4.78, 5) is 16.4. The Balaban J connectivity index is 1.54. The van der Waals surface area contributed by atoms with E-state index >= 15 is 0 Å². The number of fused-ring (bicyclic) bond motifs is 1. The molecule has 1 aromatic carbocycles. The smallest absolute Gasteiger partial charge is 0.238 e. The zero-order valence-corrected chi connectivity index (χ0v) is 12.4. The van der Waals surface area contributed by atoms with E-state index in [1.807, 2.05) is 12.1 Å². The van der Waals surface area contributed by atoms with E-state index < -0.39 is 0 Å². The topological polar surface area (TPSA) is 61.6 Å². The molecule has 1 atom stereocenters. The van der Waals surface area contributed by atoms with Crippen LogP contribution in [0.2, 0.25) is 0 Å². The largest absolute Gasteiger partial charge is 0.298 e. The first-order valence-electron chi connectivity index (χ1n) is 7.78. The molecular weight excluding hydrogens is 264 g/mol. The number of benzene rings is 1. The van der Waals surface area contributed by atoms with Crippen molar-refractivity contribution in [3.63, 3.8) is 0 Å². The van der Waals surface area contributed by atoms with E-state index in [1.165, 1.54) is 38.0 Å². The van der Waals surface area contributed by atoms with Gasteiger partial charge in [0.1, 0.15) is 0 Å². The van der Waals surface area contributed by atoms with Crippen molar-refractivity contribution in [2.45, 2.75) is 31.8 Å². The van der Waals surface area contributed by atoms with Crippen LogP contribution in [-0.2, 0) is 17.8 Å². The van der Waals surface area contributed by atoms with Crippen LogP contribution in [0.25, 0.3) is 0 Å². The summed E-state index contributed by atoms with van der Waals surface area (Å²) in [6.07, 6.45) is 3.05.